The highest BCUT2D eigenvalue weighted by Gasteiger charge is 2.59. The summed E-state index contributed by atoms with van der Waals surface area (Å²) >= 11 is 5.01. The number of hydrogen-bond donors (Lipinski definition) is 0. The van der Waals surface area contributed by atoms with Crippen molar-refractivity contribution in [3.8, 4) is 6.07 Å². The molecule has 0 spiro atoms. The Bertz CT molecular complexity index is 902. The summed E-state index contributed by atoms with van der Waals surface area (Å²) in [6, 6.07) is 1.97. The van der Waals surface area contributed by atoms with E-state index in [1.54, 1.807) is 0 Å². The fraction of sp³-hybridized carbons (Fsp3) is 0.900. The van der Waals surface area contributed by atoms with E-state index in [1.807, 2.05) is 6.07 Å². The van der Waals surface area contributed by atoms with Crippen molar-refractivity contribution in [2.45, 2.75) is 118 Å². The molecule has 4 rings (SSSR count). The average molecular weight is 538 g/mol. The Balaban J connectivity index is 1.41. The molecule has 0 aromatic carbocycles. The normalized spacial score (nSPS) is 40.4. The molecule has 4 aliphatic rings. The van der Waals surface area contributed by atoms with E-state index >= 15 is 0 Å². The Morgan fingerprint density at radius 1 is 1.14 bits per heavy atom. The lowest BCUT2D eigenvalue weighted by molar-refractivity contribution is -0.0563. The molecule has 36 heavy (non-hydrogen) atoms. The summed E-state index contributed by atoms with van der Waals surface area (Å²) < 4.78 is 25.6. The minimum atomic E-state index is -3.79. The van der Waals surface area contributed by atoms with Crippen molar-refractivity contribution in [2.24, 2.45) is 46.3 Å². The van der Waals surface area contributed by atoms with E-state index in [0.29, 0.717) is 5.41 Å². The van der Waals surface area contributed by atoms with Crippen LogP contribution in [0.1, 0.15) is 112 Å². The highest BCUT2D eigenvalue weighted by atomic mass is 32.5. The van der Waals surface area contributed by atoms with Crippen LogP contribution >= 0.6 is 6.80 Å². The van der Waals surface area contributed by atoms with Crippen LogP contribution in [-0.2, 0) is 20.9 Å². The van der Waals surface area contributed by atoms with E-state index in [2.05, 4.69) is 40.7 Å². The molecule has 204 valence electrons. The molecule has 3 fully saturated rings. The monoisotopic (exact) mass is 537 g/mol. The lowest BCUT2D eigenvalue weighted by Crippen LogP contribution is -2.50. The fourth-order valence-electron chi connectivity index (χ4n) is 9.15. The molecular formula is C30H49FNO2PS. The van der Waals surface area contributed by atoms with E-state index in [9.17, 15) is 4.20 Å². The van der Waals surface area contributed by atoms with Gasteiger partial charge in [0.25, 0.3) is 0 Å². The van der Waals surface area contributed by atoms with Gasteiger partial charge >= 0.3 is 6.80 Å². The van der Waals surface area contributed by atoms with Crippen LogP contribution in [0.5, 0.6) is 0 Å². The molecule has 0 aliphatic heterocycles. The van der Waals surface area contributed by atoms with E-state index in [0.717, 1.165) is 54.8 Å². The first kappa shape index (κ1) is 28.7. The van der Waals surface area contributed by atoms with Crippen molar-refractivity contribution in [3.05, 3.63) is 11.6 Å². The Labute approximate surface area is 225 Å². The van der Waals surface area contributed by atoms with Crippen LogP contribution in [-0.4, -0.2) is 12.7 Å². The number of fused-ring (bicyclic) bond motifs is 5. The van der Waals surface area contributed by atoms with Crippen molar-refractivity contribution in [3.63, 3.8) is 0 Å². The fourth-order valence-corrected chi connectivity index (χ4v) is 10.6. The van der Waals surface area contributed by atoms with Crippen LogP contribution in [0.4, 0.5) is 4.20 Å². The molecule has 3 saturated carbocycles. The first-order valence-electron chi connectivity index (χ1n) is 14.7. The van der Waals surface area contributed by atoms with E-state index in [1.165, 1.54) is 56.9 Å². The van der Waals surface area contributed by atoms with Crippen molar-refractivity contribution in [2.75, 3.05) is 6.61 Å². The molecule has 0 radical (unpaired) electrons. The van der Waals surface area contributed by atoms with Crippen LogP contribution in [0.25, 0.3) is 0 Å². The number of allylic oxidation sites excluding steroid dienone is 1. The molecule has 0 saturated heterocycles. The van der Waals surface area contributed by atoms with Crippen LogP contribution < -0.4 is 0 Å². The lowest BCUT2D eigenvalue weighted by Gasteiger charge is -2.58. The summed E-state index contributed by atoms with van der Waals surface area (Å²) in [7, 11) is 0. The summed E-state index contributed by atoms with van der Waals surface area (Å²) in [5, 5.41) is 8.68. The van der Waals surface area contributed by atoms with Gasteiger partial charge in [-0.3, -0.25) is 0 Å². The van der Waals surface area contributed by atoms with Gasteiger partial charge in [-0.2, -0.15) is 9.46 Å². The first-order chi connectivity index (χ1) is 17.0. The maximum absolute atomic E-state index is 14.7. The molecule has 0 aromatic rings. The van der Waals surface area contributed by atoms with Gasteiger partial charge in [-0.05, 0) is 110 Å². The minimum absolute atomic E-state index is 0.0126. The van der Waals surface area contributed by atoms with Gasteiger partial charge in [-0.1, -0.05) is 65.5 Å². The van der Waals surface area contributed by atoms with Crippen molar-refractivity contribution >= 4 is 18.6 Å². The van der Waals surface area contributed by atoms with Gasteiger partial charge in [0, 0.05) is 0 Å². The predicted molar refractivity (Wildman–Crippen MR) is 149 cm³/mol. The Kier molecular flexibility index (Phi) is 9.14. The van der Waals surface area contributed by atoms with Gasteiger partial charge in [0.15, 0.2) is 0 Å². The van der Waals surface area contributed by atoms with Crippen LogP contribution in [0.2, 0.25) is 0 Å². The molecule has 0 amide bonds. The first-order valence-corrected chi connectivity index (χ1v) is 17.2. The maximum atomic E-state index is 14.7. The number of nitriles is 1. The third-order valence-electron chi connectivity index (χ3n) is 11.0. The predicted octanol–water partition coefficient (Wildman–Crippen LogP) is 9.54. The smallest absolute Gasteiger partial charge is 0.304 e. The van der Waals surface area contributed by atoms with Gasteiger partial charge in [-0.15, -0.1) is 0 Å². The van der Waals surface area contributed by atoms with Crippen molar-refractivity contribution in [1.82, 2.24) is 0 Å². The van der Waals surface area contributed by atoms with Crippen molar-refractivity contribution in [1.29, 1.82) is 5.26 Å². The molecule has 0 aromatic heterocycles. The number of halogens is 1. The Morgan fingerprint density at radius 3 is 2.64 bits per heavy atom. The summed E-state index contributed by atoms with van der Waals surface area (Å²) in [5.74, 6) is 4.92. The minimum Gasteiger partial charge on any atom is -0.304 e. The summed E-state index contributed by atoms with van der Waals surface area (Å²) in [4.78, 5) is 0. The Morgan fingerprint density at radius 2 is 1.92 bits per heavy atom. The molecule has 0 heterocycles. The molecule has 3 nitrogen and oxygen atoms in total. The zero-order valence-corrected chi connectivity index (χ0v) is 25.0. The number of nitrogens with zero attached hydrogens (tertiary/aromatic N) is 1. The summed E-state index contributed by atoms with van der Waals surface area (Å²) in [6.07, 6.45) is 16.0. The molecule has 9 atom stereocenters. The number of hydrogen-bond acceptors (Lipinski definition) is 4. The second-order valence-electron chi connectivity index (χ2n) is 13.4. The topological polar surface area (TPSA) is 42.2 Å². The van der Waals surface area contributed by atoms with Gasteiger partial charge in [-0.25, -0.2) is 0 Å². The van der Waals surface area contributed by atoms with Gasteiger partial charge in [0.2, 0.25) is 0 Å². The van der Waals surface area contributed by atoms with E-state index < -0.39 is 6.80 Å². The third-order valence-corrected chi connectivity index (χ3v) is 12.6. The largest absolute Gasteiger partial charge is 0.366 e. The zero-order valence-electron chi connectivity index (χ0n) is 23.3. The molecule has 0 bridgehead atoms. The molecule has 0 N–H and O–H groups in total. The van der Waals surface area contributed by atoms with E-state index in [-0.39, 0.29) is 24.5 Å². The van der Waals surface area contributed by atoms with E-state index in [4.69, 9.17) is 26.1 Å². The molecule has 1 unspecified atom stereocenters. The lowest BCUT2D eigenvalue weighted by atomic mass is 9.47. The zero-order chi connectivity index (χ0) is 26.1. The van der Waals surface area contributed by atoms with Crippen molar-refractivity contribution < 1.29 is 13.2 Å². The molecule has 6 heteroatoms. The summed E-state index contributed by atoms with van der Waals surface area (Å²) in [5.41, 5.74) is 2.19. The van der Waals surface area contributed by atoms with Crippen LogP contribution in [0, 0.1) is 57.7 Å². The molecule has 4 aliphatic carbocycles. The van der Waals surface area contributed by atoms with Crippen LogP contribution in [0.15, 0.2) is 11.6 Å². The third kappa shape index (κ3) is 5.83. The maximum Gasteiger partial charge on any atom is 0.366 e. The van der Waals surface area contributed by atoms with Gasteiger partial charge in [0.1, 0.15) is 0 Å². The van der Waals surface area contributed by atoms with Crippen LogP contribution in [0.3, 0.4) is 0 Å². The standard InChI is InChI=1S/C30H49FNO2PS/c1-21(2)8-6-9-22(3)26-12-13-27-25-11-10-23-20-24(34-35(31,36)33-19-7-18-32)14-16-29(23,4)28(25)15-17-30(26,27)5/h10,21-22,24-28H,6-9,11-17,19-20H2,1-5H3/t22-,24+,25+,26-,27+,28+,29+,30-,35?/m1/s1. The number of rotatable bonds is 10. The average Bonchev–Trinajstić information content (AvgIpc) is 3.16. The highest BCUT2D eigenvalue weighted by Crippen LogP contribution is 2.68. The second kappa shape index (κ2) is 11.5. The molecular weight excluding hydrogens is 488 g/mol. The van der Waals surface area contributed by atoms with Gasteiger partial charge < -0.3 is 9.05 Å². The summed E-state index contributed by atoms with van der Waals surface area (Å²) in [6.45, 7) is 8.61. The second-order valence-corrected chi connectivity index (χ2v) is 16.1. The Hall–Kier alpha value is -0.270. The highest BCUT2D eigenvalue weighted by molar-refractivity contribution is 8.07. The SMILES string of the molecule is CC(C)CCC[C@@H](C)[C@H]1CC[C@H]2[C@@H]3CC=C4C[C@@H](OP(F)(=S)OCCC#N)CC[C@]4(C)[C@H]3CC[C@]12C. The van der Waals surface area contributed by atoms with Gasteiger partial charge in [0.05, 0.1) is 25.2 Å². The quantitative estimate of drug-likeness (QED) is 0.158.